The van der Waals surface area contributed by atoms with Gasteiger partial charge in [-0.1, -0.05) is 12.1 Å². The first-order valence-corrected chi connectivity index (χ1v) is 9.41. The van der Waals surface area contributed by atoms with E-state index in [1.54, 1.807) is 18.6 Å². The van der Waals surface area contributed by atoms with Crippen LogP contribution in [0.15, 0.2) is 73.4 Å². The number of imidazole rings is 1. The number of H-pyrrole nitrogens is 1. The van der Waals surface area contributed by atoms with E-state index in [9.17, 15) is 5.11 Å². The number of nitrogens with zero attached hydrogens (tertiary/aromatic N) is 4. The Morgan fingerprint density at radius 2 is 2.11 bits per heavy atom. The topological polar surface area (TPSA) is 70.0 Å². The van der Waals surface area contributed by atoms with Crippen molar-refractivity contribution < 1.29 is 5.11 Å². The molecule has 1 atom stereocenters. The van der Waals surface area contributed by atoms with Crippen molar-refractivity contribution in [2.75, 3.05) is 6.54 Å². The van der Waals surface area contributed by atoms with Crippen molar-refractivity contribution >= 4 is 0 Å². The van der Waals surface area contributed by atoms with Gasteiger partial charge < -0.3 is 14.7 Å². The third-order valence-electron chi connectivity index (χ3n) is 5.33. The minimum Gasteiger partial charge on any atom is -0.508 e. The van der Waals surface area contributed by atoms with Gasteiger partial charge in [-0.15, -0.1) is 0 Å². The number of nitrogens with one attached hydrogen (secondary N) is 1. The van der Waals surface area contributed by atoms with Crippen molar-refractivity contribution in [3.8, 4) is 11.4 Å². The van der Waals surface area contributed by atoms with Crippen molar-refractivity contribution in [3.63, 3.8) is 0 Å². The molecule has 0 saturated carbocycles. The maximum atomic E-state index is 10.0. The van der Waals surface area contributed by atoms with E-state index in [1.165, 1.54) is 11.4 Å². The molecule has 0 amide bonds. The van der Waals surface area contributed by atoms with Gasteiger partial charge in [0.05, 0.1) is 29.9 Å². The van der Waals surface area contributed by atoms with Crippen LogP contribution in [0.3, 0.4) is 0 Å². The number of aromatic amines is 1. The Balaban J connectivity index is 1.52. The molecule has 0 bridgehead atoms. The van der Waals surface area contributed by atoms with Gasteiger partial charge in [0.2, 0.25) is 0 Å². The van der Waals surface area contributed by atoms with Crippen molar-refractivity contribution in [2.24, 2.45) is 0 Å². The van der Waals surface area contributed by atoms with Crippen LogP contribution in [0, 0.1) is 0 Å². The van der Waals surface area contributed by atoms with Crippen LogP contribution in [-0.2, 0) is 13.0 Å². The van der Waals surface area contributed by atoms with Gasteiger partial charge in [-0.2, -0.15) is 0 Å². The lowest BCUT2D eigenvalue weighted by Gasteiger charge is -2.35. The lowest BCUT2D eigenvalue weighted by atomic mass is 9.95. The number of hydrogen-bond donors (Lipinski definition) is 2. The summed E-state index contributed by atoms with van der Waals surface area (Å²) in [7, 11) is 0. The first-order valence-electron chi connectivity index (χ1n) is 9.41. The zero-order chi connectivity index (χ0) is 18.9. The van der Waals surface area contributed by atoms with E-state index in [0.717, 1.165) is 36.5 Å². The van der Waals surface area contributed by atoms with Crippen LogP contribution in [0.2, 0.25) is 0 Å². The lowest BCUT2D eigenvalue weighted by molar-refractivity contribution is 0.196. The Bertz CT molecular complexity index is 1090. The molecule has 5 rings (SSSR count). The molecule has 140 valence electrons. The smallest absolute Gasteiger partial charge is 0.115 e. The molecule has 1 aliphatic rings. The molecular formula is C22H21N5O. The summed E-state index contributed by atoms with van der Waals surface area (Å²) in [5.41, 5.74) is 5.50. The molecule has 6 heteroatoms. The summed E-state index contributed by atoms with van der Waals surface area (Å²) in [6, 6.07) is 15.7. The van der Waals surface area contributed by atoms with E-state index >= 15 is 0 Å². The average Bonchev–Trinajstić information content (AvgIpc) is 3.38. The second-order valence-electron chi connectivity index (χ2n) is 7.07. The van der Waals surface area contributed by atoms with E-state index < -0.39 is 0 Å². The summed E-state index contributed by atoms with van der Waals surface area (Å²) >= 11 is 0. The number of hydrogen-bond acceptors (Lipinski definition) is 4. The molecule has 0 spiro atoms. The molecule has 1 aliphatic heterocycles. The van der Waals surface area contributed by atoms with Gasteiger partial charge in [-0.25, -0.2) is 4.98 Å². The van der Waals surface area contributed by atoms with Crippen LogP contribution in [-0.4, -0.2) is 36.1 Å². The van der Waals surface area contributed by atoms with Crippen LogP contribution >= 0.6 is 0 Å². The molecule has 4 heterocycles. The highest BCUT2D eigenvalue weighted by molar-refractivity contribution is 5.37. The Labute approximate surface area is 163 Å². The normalized spacial score (nSPS) is 16.8. The molecule has 4 aromatic rings. The summed E-state index contributed by atoms with van der Waals surface area (Å²) < 4.78 is 2.17. The molecule has 3 aromatic heterocycles. The minimum absolute atomic E-state index is 0.000603. The Kier molecular flexibility index (Phi) is 4.18. The standard InChI is InChI=1S/C22H21N5O/c28-19-7-1-4-16(12-19)22-21-20(24-15-25-21)8-11-26(22)14-18-6-3-10-27(18)17-5-2-9-23-13-17/h1-7,9-10,12-13,15,22,28H,8,11,14H2,(H,24,25)/t22-/m0/s1. The molecule has 2 N–H and O–H groups in total. The first kappa shape index (κ1) is 16.8. The maximum Gasteiger partial charge on any atom is 0.115 e. The number of aromatic hydroxyl groups is 1. The van der Waals surface area contributed by atoms with Crippen LogP contribution in [0.5, 0.6) is 5.75 Å². The van der Waals surface area contributed by atoms with Crippen LogP contribution in [0.4, 0.5) is 0 Å². The predicted molar refractivity (Wildman–Crippen MR) is 106 cm³/mol. The van der Waals surface area contributed by atoms with Crippen LogP contribution in [0.25, 0.3) is 5.69 Å². The number of phenolic OH excluding ortho intramolecular Hbond substituents is 1. The summed E-state index contributed by atoms with van der Waals surface area (Å²) in [4.78, 5) is 14.5. The van der Waals surface area contributed by atoms with Crippen molar-refractivity contribution in [1.29, 1.82) is 0 Å². The summed E-state index contributed by atoms with van der Waals surface area (Å²) in [6.45, 7) is 1.68. The highest BCUT2D eigenvalue weighted by Gasteiger charge is 2.31. The zero-order valence-corrected chi connectivity index (χ0v) is 15.4. The quantitative estimate of drug-likeness (QED) is 0.576. The molecule has 0 aliphatic carbocycles. The van der Waals surface area contributed by atoms with Crippen molar-refractivity contribution in [2.45, 2.75) is 19.0 Å². The van der Waals surface area contributed by atoms with Gasteiger partial charge in [0.25, 0.3) is 0 Å². The number of benzene rings is 1. The largest absolute Gasteiger partial charge is 0.508 e. The van der Waals surface area contributed by atoms with Gasteiger partial charge in [0.1, 0.15) is 5.75 Å². The van der Waals surface area contributed by atoms with E-state index in [4.69, 9.17) is 0 Å². The summed E-state index contributed by atoms with van der Waals surface area (Å²) in [6.07, 6.45) is 8.42. The number of rotatable bonds is 4. The molecule has 0 fully saturated rings. The van der Waals surface area contributed by atoms with Gasteiger partial charge in [-0.05, 0) is 42.0 Å². The summed E-state index contributed by atoms with van der Waals surface area (Å²) in [5, 5.41) is 10.0. The Hall–Kier alpha value is -3.38. The molecule has 0 unspecified atom stereocenters. The van der Waals surface area contributed by atoms with Gasteiger partial charge in [0, 0.05) is 43.3 Å². The molecule has 6 nitrogen and oxygen atoms in total. The van der Waals surface area contributed by atoms with Crippen molar-refractivity contribution in [3.05, 3.63) is 96.1 Å². The number of aromatic nitrogens is 4. The molecule has 0 radical (unpaired) electrons. The van der Waals surface area contributed by atoms with E-state index in [0.29, 0.717) is 0 Å². The fourth-order valence-corrected chi connectivity index (χ4v) is 4.06. The van der Waals surface area contributed by atoms with E-state index in [2.05, 4.69) is 54.9 Å². The monoisotopic (exact) mass is 371 g/mol. The van der Waals surface area contributed by atoms with Gasteiger partial charge >= 0.3 is 0 Å². The lowest BCUT2D eigenvalue weighted by Crippen LogP contribution is -2.36. The highest BCUT2D eigenvalue weighted by Crippen LogP contribution is 2.35. The third-order valence-corrected chi connectivity index (χ3v) is 5.33. The molecule has 1 aromatic carbocycles. The third kappa shape index (κ3) is 2.97. The van der Waals surface area contributed by atoms with Crippen LogP contribution < -0.4 is 0 Å². The Morgan fingerprint density at radius 3 is 2.96 bits per heavy atom. The Morgan fingerprint density at radius 1 is 1.14 bits per heavy atom. The predicted octanol–water partition coefficient (Wildman–Crippen LogP) is 3.45. The van der Waals surface area contributed by atoms with Crippen LogP contribution in [0.1, 0.15) is 28.7 Å². The molecule has 28 heavy (non-hydrogen) atoms. The SMILES string of the molecule is Oc1cccc([C@H]2c3nc[nH]c3CCN2Cc2cccn2-c2cccnc2)c1. The van der Waals surface area contributed by atoms with Gasteiger partial charge in [0.15, 0.2) is 0 Å². The second-order valence-corrected chi connectivity index (χ2v) is 7.07. The zero-order valence-electron chi connectivity index (χ0n) is 15.4. The first-order chi connectivity index (χ1) is 13.8. The number of fused-ring (bicyclic) bond motifs is 1. The highest BCUT2D eigenvalue weighted by atomic mass is 16.3. The maximum absolute atomic E-state index is 10.0. The van der Waals surface area contributed by atoms with E-state index in [1.807, 2.05) is 24.4 Å². The fraction of sp³-hybridized carbons (Fsp3) is 0.182. The fourth-order valence-electron chi connectivity index (χ4n) is 4.06. The minimum atomic E-state index is -0.000603. The number of pyridine rings is 1. The number of phenols is 1. The average molecular weight is 371 g/mol. The second kappa shape index (κ2) is 6.98. The van der Waals surface area contributed by atoms with Gasteiger partial charge in [-0.3, -0.25) is 9.88 Å². The van der Waals surface area contributed by atoms with Crippen molar-refractivity contribution in [1.82, 2.24) is 24.4 Å². The van der Waals surface area contributed by atoms with E-state index in [-0.39, 0.29) is 11.8 Å². The summed E-state index contributed by atoms with van der Waals surface area (Å²) in [5.74, 6) is 0.277. The molecule has 0 saturated heterocycles. The molecular weight excluding hydrogens is 350 g/mol.